The molecule has 0 fully saturated rings. The average molecular weight is 473 g/mol. The normalized spacial score (nSPS) is 15.2. The second kappa shape index (κ2) is 8.57. The maximum atomic E-state index is 12.4. The molecule has 0 N–H and O–H groups in total. The number of para-hydroxylation sites is 1. The molecule has 4 aromatic rings. The van der Waals surface area contributed by atoms with Crippen LogP contribution in [-0.4, -0.2) is 26.7 Å². The fourth-order valence-electron chi connectivity index (χ4n) is 3.82. The summed E-state index contributed by atoms with van der Waals surface area (Å²) in [6.45, 7) is 1.34. The van der Waals surface area contributed by atoms with Crippen LogP contribution in [-0.2, 0) is 9.53 Å². The van der Waals surface area contributed by atoms with E-state index in [1.54, 1.807) is 0 Å². The summed E-state index contributed by atoms with van der Waals surface area (Å²) in [7, 11) is 0. The van der Waals surface area contributed by atoms with E-state index >= 15 is 0 Å². The van der Waals surface area contributed by atoms with Gasteiger partial charge in [-0.2, -0.15) is 5.01 Å². The van der Waals surface area contributed by atoms with Crippen molar-refractivity contribution in [2.75, 3.05) is 0 Å². The van der Waals surface area contributed by atoms with Crippen molar-refractivity contribution in [1.29, 1.82) is 0 Å². The fourth-order valence-corrected chi connectivity index (χ4v) is 4.03. The van der Waals surface area contributed by atoms with Gasteiger partial charge in [0, 0.05) is 46.2 Å². The number of hydrogen-bond donors (Lipinski definition) is 0. The van der Waals surface area contributed by atoms with Gasteiger partial charge >= 0.3 is 0 Å². The highest BCUT2D eigenvalue weighted by Crippen LogP contribution is 2.37. The number of ether oxygens (including phenoxy) is 1. The van der Waals surface area contributed by atoms with Gasteiger partial charge in [0.1, 0.15) is 0 Å². The molecule has 1 aromatic heterocycles. The highest BCUT2D eigenvalue weighted by molar-refractivity contribution is 6.31. The van der Waals surface area contributed by atoms with Crippen LogP contribution >= 0.6 is 11.6 Å². The number of carbonyl (C=O) groups excluding carboxylic acids is 1. The van der Waals surface area contributed by atoms with E-state index in [1.807, 2.05) is 60.7 Å². The molecule has 0 saturated heterocycles. The largest absolute Gasteiger partial charge is 0.446 e. The first kappa shape index (κ1) is 21.5. The number of amides is 1. The van der Waals surface area contributed by atoms with E-state index in [9.17, 15) is 14.9 Å². The first-order valence-electron chi connectivity index (χ1n) is 10.4. The molecule has 2 heterocycles. The molecule has 1 amide bonds. The Balaban J connectivity index is 1.64. The molecule has 34 heavy (non-hydrogen) atoms. The Bertz CT molecular complexity index is 1470. The van der Waals surface area contributed by atoms with Crippen LogP contribution in [0.1, 0.15) is 24.3 Å². The lowest BCUT2D eigenvalue weighted by atomic mass is 10.0. The number of pyridine rings is 1. The molecule has 3 aromatic carbocycles. The third-order valence-electron chi connectivity index (χ3n) is 5.44. The molecule has 1 aliphatic heterocycles. The summed E-state index contributed by atoms with van der Waals surface area (Å²) >= 11 is 6.34. The predicted molar refractivity (Wildman–Crippen MR) is 128 cm³/mol. The maximum absolute atomic E-state index is 12.4. The van der Waals surface area contributed by atoms with E-state index < -0.39 is 17.1 Å². The van der Waals surface area contributed by atoms with Crippen LogP contribution in [0.3, 0.4) is 0 Å². The van der Waals surface area contributed by atoms with Crippen LogP contribution in [0.4, 0.5) is 5.69 Å². The van der Waals surface area contributed by atoms with Crippen molar-refractivity contribution in [3.63, 3.8) is 0 Å². The number of carbonyl (C=O) groups is 1. The Labute approximate surface area is 199 Å². The fraction of sp³-hybridized carbons (Fsp3) is 0.0800. The summed E-state index contributed by atoms with van der Waals surface area (Å²) in [4.78, 5) is 28.0. The van der Waals surface area contributed by atoms with Gasteiger partial charge in [-0.3, -0.25) is 14.9 Å². The number of nitro benzene ring substituents is 1. The molecule has 0 spiro atoms. The highest BCUT2D eigenvalue weighted by Gasteiger charge is 2.36. The zero-order chi connectivity index (χ0) is 23.8. The molecule has 0 radical (unpaired) electrons. The molecule has 0 unspecified atom stereocenters. The first-order chi connectivity index (χ1) is 16.4. The Hall–Kier alpha value is -4.30. The number of nitrogens with zero attached hydrogens (tertiary/aromatic N) is 4. The van der Waals surface area contributed by atoms with Crippen molar-refractivity contribution in [1.82, 2.24) is 9.99 Å². The molecule has 0 aliphatic carbocycles. The summed E-state index contributed by atoms with van der Waals surface area (Å²) in [5.74, 6) is -0.206. The molecule has 0 saturated carbocycles. The SMILES string of the molecule is CC(=O)N1N=C(c2cc(-c3ccccc3)nc3ccccc23)O[C@H]1c1cc([N+](=O)[O-])ccc1Cl. The number of nitro groups is 1. The third-order valence-corrected chi connectivity index (χ3v) is 5.78. The minimum absolute atomic E-state index is 0.166. The zero-order valence-electron chi connectivity index (χ0n) is 17.9. The summed E-state index contributed by atoms with van der Waals surface area (Å²) in [6.07, 6.45) is -1.05. The minimum atomic E-state index is -1.05. The third kappa shape index (κ3) is 3.84. The number of non-ortho nitro benzene ring substituents is 1. The van der Waals surface area contributed by atoms with Crippen LogP contribution in [0.2, 0.25) is 5.02 Å². The van der Waals surface area contributed by atoms with Gasteiger partial charge in [0.2, 0.25) is 18.0 Å². The quantitative estimate of drug-likeness (QED) is 0.280. The first-order valence-corrected chi connectivity index (χ1v) is 10.7. The Kier molecular flexibility index (Phi) is 5.43. The summed E-state index contributed by atoms with van der Waals surface area (Å²) < 4.78 is 6.14. The van der Waals surface area contributed by atoms with Crippen molar-refractivity contribution >= 4 is 40.0 Å². The van der Waals surface area contributed by atoms with Gasteiger partial charge in [0.05, 0.1) is 16.1 Å². The number of benzene rings is 3. The van der Waals surface area contributed by atoms with Gasteiger partial charge in [-0.1, -0.05) is 60.1 Å². The summed E-state index contributed by atoms with van der Waals surface area (Å²) in [5.41, 5.74) is 3.10. The molecular weight excluding hydrogens is 456 g/mol. The Morgan fingerprint density at radius 1 is 1.06 bits per heavy atom. The second-order valence-electron chi connectivity index (χ2n) is 7.64. The van der Waals surface area contributed by atoms with Crippen LogP contribution in [0.5, 0.6) is 0 Å². The van der Waals surface area contributed by atoms with E-state index in [0.717, 1.165) is 21.5 Å². The number of hydrogen-bond acceptors (Lipinski definition) is 6. The van der Waals surface area contributed by atoms with Crippen LogP contribution < -0.4 is 0 Å². The molecule has 0 bridgehead atoms. The van der Waals surface area contributed by atoms with Gasteiger partial charge in [0.15, 0.2) is 0 Å². The van der Waals surface area contributed by atoms with Gasteiger partial charge in [-0.25, -0.2) is 4.98 Å². The molecule has 8 nitrogen and oxygen atoms in total. The molecule has 1 atom stereocenters. The monoisotopic (exact) mass is 472 g/mol. The molecule has 5 rings (SSSR count). The Morgan fingerprint density at radius 3 is 2.53 bits per heavy atom. The van der Waals surface area contributed by atoms with Gasteiger partial charge in [0.25, 0.3) is 5.69 Å². The summed E-state index contributed by atoms with van der Waals surface area (Å²) in [5, 5.41) is 17.9. The topological polar surface area (TPSA) is 97.9 Å². The molecular formula is C25H17ClN4O4. The average Bonchev–Trinajstić information content (AvgIpc) is 3.29. The zero-order valence-corrected chi connectivity index (χ0v) is 18.6. The lowest BCUT2D eigenvalue weighted by molar-refractivity contribution is -0.385. The minimum Gasteiger partial charge on any atom is -0.446 e. The predicted octanol–water partition coefficient (Wildman–Crippen LogP) is 5.70. The standard InChI is InChI=1S/C25H17ClN4O4/c1-15(31)29-25(20-13-17(30(32)33)11-12-21(20)26)34-24(28-29)19-14-23(16-7-3-2-4-8-16)27-22-10-6-5-9-18(19)22/h2-14,25H,1H3/t25-/m0/s1. The molecule has 9 heteroatoms. The number of halogens is 1. The smallest absolute Gasteiger partial charge is 0.270 e. The maximum Gasteiger partial charge on any atom is 0.270 e. The lowest BCUT2D eigenvalue weighted by Gasteiger charge is -2.20. The molecule has 1 aliphatic rings. The highest BCUT2D eigenvalue weighted by atomic mass is 35.5. The van der Waals surface area contributed by atoms with Crippen molar-refractivity contribution in [3.8, 4) is 11.3 Å². The summed E-state index contributed by atoms with van der Waals surface area (Å²) in [6, 6.07) is 23.1. The van der Waals surface area contributed by atoms with Crippen molar-refractivity contribution in [2.24, 2.45) is 5.10 Å². The van der Waals surface area contributed by atoms with Crippen molar-refractivity contribution < 1.29 is 14.5 Å². The Morgan fingerprint density at radius 2 is 1.79 bits per heavy atom. The number of fused-ring (bicyclic) bond motifs is 1. The van der Waals surface area contributed by atoms with E-state index in [4.69, 9.17) is 21.3 Å². The van der Waals surface area contributed by atoms with Gasteiger partial charge in [-0.05, 0) is 18.2 Å². The van der Waals surface area contributed by atoms with Gasteiger partial charge in [-0.15, -0.1) is 5.10 Å². The number of rotatable bonds is 4. The van der Waals surface area contributed by atoms with Gasteiger partial charge < -0.3 is 4.74 Å². The molecule has 168 valence electrons. The van der Waals surface area contributed by atoms with Crippen molar-refractivity contribution in [2.45, 2.75) is 13.2 Å². The van der Waals surface area contributed by atoms with Crippen molar-refractivity contribution in [3.05, 3.63) is 105 Å². The van der Waals surface area contributed by atoms with Crippen LogP contribution in [0, 0.1) is 10.1 Å². The lowest BCUT2D eigenvalue weighted by Crippen LogP contribution is -2.25. The van der Waals surface area contributed by atoms with E-state index in [2.05, 4.69) is 5.10 Å². The van der Waals surface area contributed by atoms with E-state index in [1.165, 1.54) is 25.1 Å². The number of aromatic nitrogens is 1. The number of hydrazone groups is 1. The van der Waals surface area contributed by atoms with E-state index in [0.29, 0.717) is 11.3 Å². The van der Waals surface area contributed by atoms with Crippen LogP contribution in [0.25, 0.3) is 22.2 Å². The second-order valence-corrected chi connectivity index (χ2v) is 8.05. The van der Waals surface area contributed by atoms with E-state index in [-0.39, 0.29) is 22.2 Å². The van der Waals surface area contributed by atoms with Crippen LogP contribution in [0.15, 0.2) is 84.0 Å².